The van der Waals surface area contributed by atoms with Gasteiger partial charge in [0.15, 0.2) is 0 Å². The molecule has 0 fully saturated rings. The molecule has 0 saturated carbocycles. The Morgan fingerprint density at radius 1 is 1.12 bits per heavy atom. The maximum Gasteiger partial charge on any atom is 0.412 e. The van der Waals surface area contributed by atoms with E-state index in [1.807, 2.05) is 30.3 Å². The zero-order valence-electron chi connectivity index (χ0n) is 19.7. The van der Waals surface area contributed by atoms with Crippen LogP contribution in [0.25, 0.3) is 0 Å². The summed E-state index contributed by atoms with van der Waals surface area (Å²) in [5.74, 6) is 0.388. The number of rotatable bonds is 5. The van der Waals surface area contributed by atoms with E-state index in [0.717, 1.165) is 5.56 Å². The molecule has 0 aliphatic carbocycles. The van der Waals surface area contributed by atoms with Crippen molar-refractivity contribution in [2.24, 2.45) is 0 Å². The van der Waals surface area contributed by atoms with Crippen LogP contribution in [0, 0.1) is 0 Å². The van der Waals surface area contributed by atoms with Crippen molar-refractivity contribution in [2.75, 3.05) is 16.8 Å². The number of carboxylic acid groups (broad SMARTS) is 1. The highest BCUT2D eigenvalue weighted by Crippen LogP contribution is 2.42. The first-order chi connectivity index (χ1) is 15.3. The van der Waals surface area contributed by atoms with Crippen LogP contribution in [0.1, 0.15) is 52.2 Å². The van der Waals surface area contributed by atoms with Gasteiger partial charge >= 0.3 is 12.2 Å². The number of carbonyl (C=O) groups is 2. The first kappa shape index (κ1) is 24.4. The Labute approximate surface area is 194 Å². The number of hydrogen-bond acceptors (Lipinski definition) is 5. The highest BCUT2D eigenvalue weighted by atomic mass is 16.6. The fourth-order valence-electron chi connectivity index (χ4n) is 3.86. The second-order valence-electron chi connectivity index (χ2n) is 9.88. The first-order valence-electron chi connectivity index (χ1n) is 10.9. The van der Waals surface area contributed by atoms with Crippen LogP contribution in [0.2, 0.25) is 0 Å². The molecule has 33 heavy (non-hydrogen) atoms. The molecule has 2 aromatic rings. The van der Waals surface area contributed by atoms with Crippen molar-refractivity contribution in [1.82, 2.24) is 0 Å². The highest BCUT2D eigenvalue weighted by Gasteiger charge is 2.35. The van der Waals surface area contributed by atoms with Crippen molar-refractivity contribution in [3.05, 3.63) is 53.6 Å². The van der Waals surface area contributed by atoms with Gasteiger partial charge in [0, 0.05) is 24.1 Å². The average molecular weight is 457 g/mol. The van der Waals surface area contributed by atoms with Crippen LogP contribution in [0.4, 0.5) is 21.0 Å². The molecule has 0 bridgehead atoms. The molecule has 1 atom stereocenters. The average Bonchev–Trinajstić information content (AvgIpc) is 2.67. The monoisotopic (exact) mass is 456 g/mol. The van der Waals surface area contributed by atoms with Gasteiger partial charge in [0.05, 0.1) is 17.8 Å². The van der Waals surface area contributed by atoms with E-state index in [0.29, 0.717) is 29.1 Å². The van der Waals surface area contributed by atoms with Gasteiger partial charge in [-0.05, 0) is 52.3 Å². The number of aliphatic hydroxyl groups is 1. The molecule has 8 heteroatoms. The third-order valence-electron chi connectivity index (χ3n) is 5.01. The summed E-state index contributed by atoms with van der Waals surface area (Å²) in [6.07, 6.45) is -1.64. The van der Waals surface area contributed by atoms with E-state index in [4.69, 9.17) is 9.47 Å². The Kier molecular flexibility index (Phi) is 6.88. The van der Waals surface area contributed by atoms with Crippen LogP contribution < -0.4 is 15.0 Å². The fraction of sp³-hybridized carbons (Fsp3) is 0.440. The summed E-state index contributed by atoms with van der Waals surface area (Å²) in [5.41, 5.74) is 0.681. The summed E-state index contributed by atoms with van der Waals surface area (Å²) < 4.78 is 11.5. The number of fused-ring (bicyclic) bond motifs is 1. The second-order valence-corrected chi connectivity index (χ2v) is 9.88. The van der Waals surface area contributed by atoms with E-state index in [2.05, 4.69) is 5.32 Å². The molecule has 2 amide bonds. The number of ether oxygens (including phenoxy) is 2. The van der Waals surface area contributed by atoms with Gasteiger partial charge in [-0.25, -0.2) is 9.59 Å². The molecule has 0 radical (unpaired) electrons. The molecule has 0 saturated heterocycles. The van der Waals surface area contributed by atoms with E-state index in [1.54, 1.807) is 46.8 Å². The van der Waals surface area contributed by atoms with Gasteiger partial charge in [-0.2, -0.15) is 0 Å². The summed E-state index contributed by atoms with van der Waals surface area (Å²) in [6.45, 7) is 8.69. The summed E-state index contributed by atoms with van der Waals surface area (Å²) >= 11 is 0. The normalized spacial score (nSPS) is 15.9. The molecule has 3 rings (SSSR count). The molecule has 0 aromatic heterocycles. The van der Waals surface area contributed by atoms with Crippen molar-refractivity contribution in [1.29, 1.82) is 0 Å². The largest absolute Gasteiger partial charge is 0.486 e. The number of anilines is 2. The van der Waals surface area contributed by atoms with Crippen LogP contribution in [-0.4, -0.2) is 46.3 Å². The molecule has 1 aliphatic heterocycles. The lowest BCUT2D eigenvalue weighted by Gasteiger charge is -2.37. The van der Waals surface area contributed by atoms with Crippen molar-refractivity contribution in [2.45, 2.75) is 64.8 Å². The van der Waals surface area contributed by atoms with Crippen LogP contribution in [0.15, 0.2) is 42.5 Å². The number of nitrogens with one attached hydrogen (secondary N) is 1. The van der Waals surface area contributed by atoms with E-state index in [-0.39, 0.29) is 13.0 Å². The molecule has 2 aromatic carbocycles. The maximum atomic E-state index is 12.5. The number of amides is 2. The molecule has 1 aliphatic rings. The van der Waals surface area contributed by atoms with Gasteiger partial charge in [-0.3, -0.25) is 10.2 Å². The van der Waals surface area contributed by atoms with Crippen LogP contribution in [0.3, 0.4) is 0 Å². The van der Waals surface area contributed by atoms with Gasteiger partial charge in [0.1, 0.15) is 17.5 Å². The minimum Gasteiger partial charge on any atom is -0.486 e. The summed E-state index contributed by atoms with van der Waals surface area (Å²) in [4.78, 5) is 26.0. The second kappa shape index (κ2) is 9.31. The van der Waals surface area contributed by atoms with Gasteiger partial charge in [-0.1, -0.05) is 30.3 Å². The smallest absolute Gasteiger partial charge is 0.412 e. The van der Waals surface area contributed by atoms with Crippen molar-refractivity contribution >= 4 is 23.6 Å². The lowest BCUT2D eigenvalue weighted by atomic mass is 9.96. The Bertz CT molecular complexity index is 1010. The van der Waals surface area contributed by atoms with Crippen LogP contribution in [-0.2, 0) is 11.2 Å². The third-order valence-corrected chi connectivity index (χ3v) is 5.01. The Hall–Kier alpha value is -3.26. The lowest BCUT2D eigenvalue weighted by molar-refractivity contribution is 0.0265. The summed E-state index contributed by atoms with van der Waals surface area (Å²) in [6, 6.07) is 12.9. The molecule has 1 heterocycles. The van der Waals surface area contributed by atoms with Gasteiger partial charge in [0.25, 0.3) is 0 Å². The minimum atomic E-state index is -1.14. The SMILES string of the molecule is CC(C)(O)CC1CN(C(=O)O)c2c(ccc(NC(=O)OC(C)(C)C)c2Cc2ccccc2)O1. The van der Waals surface area contributed by atoms with Gasteiger partial charge in [0.2, 0.25) is 0 Å². The zero-order valence-corrected chi connectivity index (χ0v) is 19.7. The molecule has 178 valence electrons. The van der Waals surface area contributed by atoms with Crippen molar-refractivity contribution < 1.29 is 29.3 Å². The Morgan fingerprint density at radius 3 is 2.36 bits per heavy atom. The molecule has 3 N–H and O–H groups in total. The molecule has 1 unspecified atom stereocenters. The first-order valence-corrected chi connectivity index (χ1v) is 10.9. The third kappa shape index (κ3) is 6.61. The van der Waals surface area contributed by atoms with E-state index >= 15 is 0 Å². The highest BCUT2D eigenvalue weighted by molar-refractivity contribution is 5.95. The number of nitrogens with zero attached hydrogens (tertiary/aromatic N) is 1. The van der Waals surface area contributed by atoms with Crippen LogP contribution >= 0.6 is 0 Å². The number of hydrogen-bond donors (Lipinski definition) is 3. The molecular weight excluding hydrogens is 424 g/mol. The van der Waals surface area contributed by atoms with Crippen LogP contribution in [0.5, 0.6) is 5.75 Å². The quantitative estimate of drug-likeness (QED) is 0.582. The van der Waals surface area contributed by atoms with Crippen molar-refractivity contribution in [3.63, 3.8) is 0 Å². The van der Waals surface area contributed by atoms with E-state index in [9.17, 15) is 19.8 Å². The minimum absolute atomic E-state index is 0.0595. The zero-order chi connectivity index (χ0) is 24.4. The predicted octanol–water partition coefficient (Wildman–Crippen LogP) is 5.03. The van der Waals surface area contributed by atoms with Crippen molar-refractivity contribution in [3.8, 4) is 5.75 Å². The number of carbonyl (C=O) groups excluding carboxylic acids is 1. The Morgan fingerprint density at radius 2 is 1.79 bits per heavy atom. The molecule has 0 spiro atoms. The lowest BCUT2D eigenvalue weighted by Crippen LogP contribution is -2.46. The Balaban J connectivity index is 2.06. The predicted molar refractivity (Wildman–Crippen MR) is 126 cm³/mol. The standard InChI is InChI=1S/C25H32N2O6/c1-24(2,3)33-22(28)26-19-11-12-20-21(18(19)13-16-9-7-6-8-10-16)27(23(29)30)15-17(32-20)14-25(4,5)31/h6-12,17,31H,13-15H2,1-5H3,(H,26,28)(H,29,30). The topological polar surface area (TPSA) is 108 Å². The fourth-order valence-corrected chi connectivity index (χ4v) is 3.86. The summed E-state index contributed by atoms with van der Waals surface area (Å²) in [5, 5.41) is 23.0. The molecular formula is C25H32N2O6. The van der Waals surface area contributed by atoms with Gasteiger partial charge < -0.3 is 19.7 Å². The number of benzene rings is 2. The van der Waals surface area contributed by atoms with E-state index in [1.165, 1.54) is 4.90 Å². The van der Waals surface area contributed by atoms with E-state index < -0.39 is 29.5 Å². The molecule has 8 nitrogen and oxygen atoms in total. The summed E-state index contributed by atoms with van der Waals surface area (Å²) in [7, 11) is 0. The maximum absolute atomic E-state index is 12.5. The van der Waals surface area contributed by atoms with Gasteiger partial charge in [-0.15, -0.1) is 0 Å².